The Balaban J connectivity index is 1.98. The number of aryl methyl sites for hydroxylation is 1. The van der Waals surface area contributed by atoms with Crippen LogP contribution in [0.2, 0.25) is 5.02 Å². The van der Waals surface area contributed by atoms with Crippen LogP contribution in [0.25, 0.3) is 11.3 Å². The minimum atomic E-state index is -1.16. The second-order valence-corrected chi connectivity index (χ2v) is 6.97. The smallest absolute Gasteiger partial charge is 0.358 e. The molecule has 0 unspecified atom stereocenters. The summed E-state index contributed by atoms with van der Waals surface area (Å²) < 4.78 is 12.9. The molecular formula is C18H21ClN2O4. The number of carboxylic acid groups (broad SMARTS) is 1. The predicted molar refractivity (Wildman–Crippen MR) is 94.7 cm³/mol. The number of halogens is 1. The summed E-state index contributed by atoms with van der Waals surface area (Å²) in [5.41, 5.74) is 1.33. The zero-order valence-corrected chi connectivity index (χ0v) is 15.3. The summed E-state index contributed by atoms with van der Waals surface area (Å²) in [5.74, 6) is 0.118. The molecule has 6 nitrogen and oxygen atoms in total. The van der Waals surface area contributed by atoms with Crippen molar-refractivity contribution < 1.29 is 19.4 Å². The highest BCUT2D eigenvalue weighted by Crippen LogP contribution is 2.45. The first-order valence-corrected chi connectivity index (χ1v) is 8.57. The minimum Gasteiger partial charge on any atom is -0.496 e. The summed E-state index contributed by atoms with van der Waals surface area (Å²) in [5, 5.41) is 13.4. The Kier molecular flexibility index (Phi) is 4.64. The van der Waals surface area contributed by atoms with Gasteiger partial charge in [-0.05, 0) is 31.9 Å². The van der Waals surface area contributed by atoms with E-state index in [0.29, 0.717) is 35.9 Å². The number of nitrogens with zero attached hydrogens (tertiary/aromatic N) is 2. The van der Waals surface area contributed by atoms with Crippen LogP contribution in [-0.2, 0) is 6.54 Å². The molecule has 1 aliphatic rings. The Bertz CT molecular complexity index is 812. The first kappa shape index (κ1) is 17.6. The average Bonchev–Trinajstić information content (AvgIpc) is 3.24. The number of aromatic nitrogens is 2. The number of rotatable bonds is 7. The molecule has 0 amide bonds. The van der Waals surface area contributed by atoms with Crippen molar-refractivity contribution in [2.75, 3.05) is 13.7 Å². The lowest BCUT2D eigenvalue weighted by molar-refractivity contribution is 0.0689. The third kappa shape index (κ3) is 3.44. The van der Waals surface area contributed by atoms with Crippen molar-refractivity contribution in [1.29, 1.82) is 0 Å². The number of carboxylic acids is 1. The molecule has 1 saturated carbocycles. The quantitative estimate of drug-likeness (QED) is 0.800. The number of hydrogen-bond acceptors (Lipinski definition) is 4. The van der Waals surface area contributed by atoms with Gasteiger partial charge < -0.3 is 14.6 Å². The Morgan fingerprint density at radius 3 is 2.72 bits per heavy atom. The van der Waals surface area contributed by atoms with Crippen molar-refractivity contribution in [2.45, 2.75) is 33.2 Å². The minimum absolute atomic E-state index is 0.104. The summed E-state index contributed by atoms with van der Waals surface area (Å²) in [6.45, 7) is 5.23. The maximum Gasteiger partial charge on any atom is 0.358 e. The van der Waals surface area contributed by atoms with E-state index in [4.69, 9.17) is 21.1 Å². The molecule has 1 N–H and O–H groups in total. The van der Waals surface area contributed by atoms with Gasteiger partial charge in [-0.2, -0.15) is 5.10 Å². The Morgan fingerprint density at radius 2 is 2.16 bits per heavy atom. The highest BCUT2D eigenvalue weighted by molar-refractivity contribution is 6.35. The van der Waals surface area contributed by atoms with Crippen LogP contribution in [0, 0.1) is 5.41 Å². The summed E-state index contributed by atoms with van der Waals surface area (Å²) in [6.07, 6.45) is 2.37. The predicted octanol–water partition coefficient (Wildman–Crippen LogP) is 4.11. The Hall–Kier alpha value is -2.21. The lowest BCUT2D eigenvalue weighted by Gasteiger charge is -2.15. The van der Waals surface area contributed by atoms with Gasteiger partial charge in [-0.15, -0.1) is 0 Å². The van der Waals surface area contributed by atoms with E-state index in [-0.39, 0.29) is 16.1 Å². The van der Waals surface area contributed by atoms with E-state index < -0.39 is 5.97 Å². The van der Waals surface area contributed by atoms with Crippen molar-refractivity contribution in [2.24, 2.45) is 5.41 Å². The van der Waals surface area contributed by atoms with Gasteiger partial charge in [0.2, 0.25) is 0 Å². The molecule has 1 aromatic heterocycles. The van der Waals surface area contributed by atoms with Gasteiger partial charge in [0.25, 0.3) is 0 Å². The Labute approximate surface area is 151 Å². The molecule has 0 saturated heterocycles. The lowest BCUT2D eigenvalue weighted by Crippen LogP contribution is -2.08. The lowest BCUT2D eigenvalue weighted by atomic mass is 10.1. The third-order valence-corrected chi connectivity index (χ3v) is 4.87. The van der Waals surface area contributed by atoms with Gasteiger partial charge in [-0.3, -0.25) is 4.68 Å². The van der Waals surface area contributed by atoms with Gasteiger partial charge >= 0.3 is 5.97 Å². The molecule has 2 aromatic rings. The SMILES string of the molecule is CCn1nc(C(=O)O)c(Cl)c1-c1ccc(OCC2(C)CC2)cc1OC. The first-order valence-electron chi connectivity index (χ1n) is 8.19. The Morgan fingerprint density at radius 1 is 1.44 bits per heavy atom. The van der Waals surface area contributed by atoms with Crippen molar-refractivity contribution in [3.05, 3.63) is 28.9 Å². The molecular weight excluding hydrogens is 344 g/mol. The number of benzene rings is 1. The largest absolute Gasteiger partial charge is 0.496 e. The molecule has 0 spiro atoms. The van der Waals surface area contributed by atoms with Crippen LogP contribution in [0.1, 0.15) is 37.2 Å². The van der Waals surface area contributed by atoms with Crippen LogP contribution in [-0.4, -0.2) is 34.6 Å². The van der Waals surface area contributed by atoms with E-state index in [9.17, 15) is 9.90 Å². The highest BCUT2D eigenvalue weighted by Gasteiger charge is 2.38. The van der Waals surface area contributed by atoms with E-state index >= 15 is 0 Å². The van der Waals surface area contributed by atoms with Gasteiger partial charge in [-0.25, -0.2) is 4.79 Å². The summed E-state index contributed by atoms with van der Waals surface area (Å²) in [4.78, 5) is 11.3. The van der Waals surface area contributed by atoms with Crippen molar-refractivity contribution >= 4 is 17.6 Å². The standard InChI is InChI=1S/C18H21ClN2O4/c1-4-21-16(14(19)15(20-21)17(22)23)12-6-5-11(9-13(12)24-3)25-10-18(2)7-8-18/h5-6,9H,4,7-8,10H2,1-3H3,(H,22,23). The van der Waals surface area contributed by atoms with Gasteiger partial charge in [0.1, 0.15) is 16.5 Å². The summed E-state index contributed by atoms with van der Waals surface area (Å²) in [6, 6.07) is 5.46. The van der Waals surface area contributed by atoms with Gasteiger partial charge in [0.15, 0.2) is 5.69 Å². The van der Waals surface area contributed by atoms with Crippen LogP contribution in [0.3, 0.4) is 0 Å². The van der Waals surface area contributed by atoms with E-state index in [1.807, 2.05) is 19.1 Å². The van der Waals surface area contributed by atoms with E-state index in [1.165, 1.54) is 12.8 Å². The maximum atomic E-state index is 11.3. The maximum absolute atomic E-state index is 11.3. The highest BCUT2D eigenvalue weighted by atomic mass is 35.5. The normalized spacial score (nSPS) is 15.0. The molecule has 1 heterocycles. The molecule has 7 heteroatoms. The fourth-order valence-electron chi connectivity index (χ4n) is 2.64. The van der Waals surface area contributed by atoms with Gasteiger partial charge in [0.05, 0.1) is 19.4 Å². The van der Waals surface area contributed by atoms with Crippen LogP contribution < -0.4 is 9.47 Å². The third-order valence-electron chi connectivity index (χ3n) is 4.52. The van der Waals surface area contributed by atoms with E-state index in [2.05, 4.69) is 12.0 Å². The summed E-state index contributed by atoms with van der Waals surface area (Å²) >= 11 is 6.28. The number of methoxy groups -OCH3 is 1. The topological polar surface area (TPSA) is 73.6 Å². The van der Waals surface area contributed by atoms with Crippen molar-refractivity contribution in [1.82, 2.24) is 9.78 Å². The molecule has 0 radical (unpaired) electrons. The van der Waals surface area contributed by atoms with Crippen LogP contribution in [0.5, 0.6) is 11.5 Å². The van der Waals surface area contributed by atoms with Crippen LogP contribution >= 0.6 is 11.6 Å². The average molecular weight is 365 g/mol. The van der Waals surface area contributed by atoms with E-state index in [0.717, 1.165) is 0 Å². The van der Waals surface area contributed by atoms with Gasteiger partial charge in [0, 0.05) is 23.6 Å². The molecule has 134 valence electrons. The zero-order valence-electron chi connectivity index (χ0n) is 14.5. The monoisotopic (exact) mass is 364 g/mol. The van der Waals surface area contributed by atoms with Crippen LogP contribution in [0.4, 0.5) is 0 Å². The first-order chi connectivity index (χ1) is 11.9. The number of hydrogen-bond donors (Lipinski definition) is 1. The molecule has 3 rings (SSSR count). The second kappa shape index (κ2) is 6.59. The molecule has 1 aromatic carbocycles. The number of ether oxygens (including phenoxy) is 2. The van der Waals surface area contributed by atoms with Crippen molar-refractivity contribution in [3.8, 4) is 22.8 Å². The zero-order chi connectivity index (χ0) is 18.2. The molecule has 0 bridgehead atoms. The molecule has 1 aliphatic carbocycles. The van der Waals surface area contributed by atoms with Gasteiger partial charge in [-0.1, -0.05) is 18.5 Å². The molecule has 25 heavy (non-hydrogen) atoms. The number of carbonyl (C=O) groups is 1. The summed E-state index contributed by atoms with van der Waals surface area (Å²) in [7, 11) is 1.56. The fourth-order valence-corrected chi connectivity index (χ4v) is 2.95. The van der Waals surface area contributed by atoms with Crippen molar-refractivity contribution in [3.63, 3.8) is 0 Å². The molecule has 0 aliphatic heterocycles. The van der Waals surface area contributed by atoms with E-state index in [1.54, 1.807) is 17.9 Å². The molecule has 0 atom stereocenters. The molecule has 1 fully saturated rings. The second-order valence-electron chi connectivity index (χ2n) is 6.59. The van der Waals surface area contributed by atoms with Crippen LogP contribution in [0.15, 0.2) is 18.2 Å². The fraction of sp³-hybridized carbons (Fsp3) is 0.444. The number of aromatic carboxylic acids is 1.